The normalized spacial score (nSPS) is 19.6. The lowest BCUT2D eigenvalue weighted by Gasteiger charge is -2.39. The average Bonchev–Trinajstić information content (AvgIpc) is 2.71. The van der Waals surface area contributed by atoms with Gasteiger partial charge in [-0.25, -0.2) is 0 Å². The number of guanidine groups is 1. The maximum Gasteiger partial charge on any atom is 0.191 e. The minimum Gasteiger partial charge on any atom is -0.497 e. The quantitative estimate of drug-likeness (QED) is 0.297. The van der Waals surface area contributed by atoms with Crippen molar-refractivity contribution in [3.05, 3.63) is 23.8 Å². The molecule has 172 valence electrons. The maximum absolute atomic E-state index is 6.10. The molecule has 0 aliphatic carbocycles. The number of ether oxygens (including phenoxy) is 3. The van der Waals surface area contributed by atoms with Crippen LogP contribution in [-0.4, -0.2) is 52.5 Å². The molecule has 2 N–H and O–H groups in total. The summed E-state index contributed by atoms with van der Waals surface area (Å²) in [6.07, 6.45) is 3.36. The summed E-state index contributed by atoms with van der Waals surface area (Å²) in [6.45, 7) is 12.1. The summed E-state index contributed by atoms with van der Waals surface area (Å²) in [4.78, 5) is 4.87. The minimum absolute atomic E-state index is 0. The Bertz CT molecular complexity index is 662. The van der Waals surface area contributed by atoms with Crippen molar-refractivity contribution in [3.63, 3.8) is 0 Å². The molecule has 2 atom stereocenters. The summed E-state index contributed by atoms with van der Waals surface area (Å²) in [5.41, 5.74) is 1.25. The van der Waals surface area contributed by atoms with E-state index in [1.54, 1.807) is 14.2 Å². The lowest BCUT2D eigenvalue weighted by atomic mass is 9.78. The van der Waals surface area contributed by atoms with Crippen LogP contribution in [0.5, 0.6) is 11.5 Å². The van der Waals surface area contributed by atoms with Crippen LogP contribution in [0.3, 0.4) is 0 Å². The molecule has 0 saturated carbocycles. The van der Waals surface area contributed by atoms with E-state index in [1.165, 1.54) is 6.42 Å². The van der Waals surface area contributed by atoms with Crippen LogP contribution in [0.4, 0.5) is 0 Å². The smallest absolute Gasteiger partial charge is 0.191 e. The van der Waals surface area contributed by atoms with Gasteiger partial charge in [-0.15, -0.1) is 24.0 Å². The highest BCUT2D eigenvalue weighted by Crippen LogP contribution is 2.34. The van der Waals surface area contributed by atoms with Gasteiger partial charge in [-0.2, -0.15) is 0 Å². The average molecular weight is 533 g/mol. The highest BCUT2D eigenvalue weighted by molar-refractivity contribution is 14.0. The first-order valence-corrected chi connectivity index (χ1v) is 10.7. The summed E-state index contributed by atoms with van der Waals surface area (Å²) < 4.78 is 16.9. The van der Waals surface area contributed by atoms with Crippen molar-refractivity contribution >= 4 is 29.9 Å². The number of hydrogen-bond donors (Lipinski definition) is 2. The van der Waals surface area contributed by atoms with Gasteiger partial charge in [0.15, 0.2) is 5.96 Å². The third kappa shape index (κ3) is 8.13. The Kier molecular flexibility index (Phi) is 11.8. The zero-order chi connectivity index (χ0) is 21.3. The van der Waals surface area contributed by atoms with Crippen molar-refractivity contribution in [3.8, 4) is 11.5 Å². The first kappa shape index (κ1) is 26.8. The third-order valence-electron chi connectivity index (χ3n) is 5.30. The van der Waals surface area contributed by atoms with E-state index >= 15 is 0 Å². The number of aliphatic imine (C=N–C) groups is 1. The molecule has 0 spiro atoms. The number of hydrogen-bond acceptors (Lipinski definition) is 4. The van der Waals surface area contributed by atoms with E-state index < -0.39 is 0 Å². The monoisotopic (exact) mass is 533 g/mol. The van der Waals surface area contributed by atoms with E-state index in [0.29, 0.717) is 5.92 Å². The summed E-state index contributed by atoms with van der Waals surface area (Å²) in [7, 11) is 3.38. The van der Waals surface area contributed by atoms with Gasteiger partial charge in [-0.1, -0.05) is 20.8 Å². The lowest BCUT2D eigenvalue weighted by molar-refractivity contribution is -0.0823. The van der Waals surface area contributed by atoms with Gasteiger partial charge >= 0.3 is 0 Å². The molecule has 1 fully saturated rings. The standard InChI is InChI=1S/C23H39N3O3.HI/c1-7-24-22(26-16-18-9-8-14-29-21(18)23(2,3)4)25-13-12-17-15-19(27-5)10-11-20(17)28-6;/h10-11,15,18,21H,7-9,12-14,16H2,1-6H3,(H2,24,25,26);1H. The van der Waals surface area contributed by atoms with E-state index in [9.17, 15) is 0 Å². The molecule has 1 saturated heterocycles. The van der Waals surface area contributed by atoms with Gasteiger partial charge < -0.3 is 24.8 Å². The highest BCUT2D eigenvalue weighted by Gasteiger charge is 2.35. The van der Waals surface area contributed by atoms with Crippen LogP contribution in [0.1, 0.15) is 46.1 Å². The first-order valence-electron chi connectivity index (χ1n) is 10.7. The van der Waals surface area contributed by atoms with Gasteiger partial charge in [0.1, 0.15) is 11.5 Å². The molecule has 0 radical (unpaired) electrons. The Morgan fingerprint density at radius 2 is 1.97 bits per heavy atom. The molecule has 7 heteroatoms. The molecule has 6 nitrogen and oxygen atoms in total. The van der Waals surface area contributed by atoms with E-state index in [-0.39, 0.29) is 35.5 Å². The molecule has 1 aromatic rings. The van der Waals surface area contributed by atoms with Crippen molar-refractivity contribution in [1.82, 2.24) is 10.6 Å². The van der Waals surface area contributed by atoms with Crippen LogP contribution in [-0.2, 0) is 11.2 Å². The maximum atomic E-state index is 6.10. The Morgan fingerprint density at radius 1 is 1.20 bits per heavy atom. The number of methoxy groups -OCH3 is 2. The number of nitrogens with one attached hydrogen (secondary N) is 2. The molecular weight excluding hydrogens is 493 g/mol. The first-order chi connectivity index (χ1) is 13.9. The Morgan fingerprint density at radius 3 is 2.60 bits per heavy atom. The molecule has 1 heterocycles. The second-order valence-corrected chi connectivity index (χ2v) is 8.63. The molecule has 1 aliphatic heterocycles. The molecule has 0 bridgehead atoms. The van der Waals surface area contributed by atoms with Gasteiger partial charge in [0.25, 0.3) is 0 Å². The summed E-state index contributed by atoms with van der Waals surface area (Å²) in [5, 5.41) is 6.81. The van der Waals surface area contributed by atoms with Crippen LogP contribution in [0.2, 0.25) is 0 Å². The zero-order valence-electron chi connectivity index (χ0n) is 19.4. The van der Waals surface area contributed by atoms with Crippen LogP contribution in [0, 0.1) is 11.3 Å². The second-order valence-electron chi connectivity index (χ2n) is 8.63. The summed E-state index contributed by atoms with van der Waals surface area (Å²) in [6, 6.07) is 5.89. The minimum atomic E-state index is 0. The fourth-order valence-electron chi connectivity index (χ4n) is 3.93. The zero-order valence-corrected chi connectivity index (χ0v) is 21.7. The molecule has 2 rings (SSSR count). The molecule has 30 heavy (non-hydrogen) atoms. The lowest BCUT2D eigenvalue weighted by Crippen LogP contribution is -2.43. The van der Waals surface area contributed by atoms with Crippen molar-refractivity contribution < 1.29 is 14.2 Å². The molecule has 2 unspecified atom stereocenters. The Hall–Kier alpha value is -1.22. The summed E-state index contributed by atoms with van der Waals surface area (Å²) in [5.74, 6) is 3.03. The Balaban J connectivity index is 0.00000450. The van der Waals surface area contributed by atoms with Gasteiger partial charge in [0.2, 0.25) is 0 Å². The van der Waals surface area contributed by atoms with Crippen molar-refractivity contribution in [2.45, 2.75) is 53.1 Å². The number of nitrogens with zero attached hydrogens (tertiary/aromatic N) is 1. The van der Waals surface area contributed by atoms with E-state index in [0.717, 1.165) is 62.1 Å². The second kappa shape index (κ2) is 13.2. The number of benzene rings is 1. The van der Waals surface area contributed by atoms with Crippen LogP contribution in [0.15, 0.2) is 23.2 Å². The predicted molar refractivity (Wildman–Crippen MR) is 135 cm³/mol. The predicted octanol–water partition coefficient (Wildman–Crippen LogP) is 4.26. The Labute approximate surface area is 199 Å². The van der Waals surface area contributed by atoms with Crippen molar-refractivity contribution in [2.75, 3.05) is 40.5 Å². The number of halogens is 1. The largest absolute Gasteiger partial charge is 0.497 e. The van der Waals surface area contributed by atoms with E-state index in [1.807, 2.05) is 18.2 Å². The molecule has 0 aromatic heterocycles. The topological polar surface area (TPSA) is 64.1 Å². The van der Waals surface area contributed by atoms with Crippen LogP contribution >= 0.6 is 24.0 Å². The number of rotatable bonds is 8. The molecular formula is C23H40IN3O3. The molecule has 1 aromatic carbocycles. The van der Waals surface area contributed by atoms with Gasteiger partial charge in [-0.05, 0) is 55.4 Å². The van der Waals surface area contributed by atoms with Crippen LogP contribution < -0.4 is 20.1 Å². The van der Waals surface area contributed by atoms with Crippen molar-refractivity contribution in [2.24, 2.45) is 16.3 Å². The van der Waals surface area contributed by atoms with Gasteiger partial charge in [-0.3, -0.25) is 4.99 Å². The van der Waals surface area contributed by atoms with Gasteiger partial charge in [0.05, 0.1) is 20.3 Å². The van der Waals surface area contributed by atoms with E-state index in [4.69, 9.17) is 19.2 Å². The highest BCUT2D eigenvalue weighted by atomic mass is 127. The summed E-state index contributed by atoms with van der Waals surface area (Å²) >= 11 is 0. The molecule has 1 aliphatic rings. The fraction of sp³-hybridized carbons (Fsp3) is 0.696. The van der Waals surface area contributed by atoms with Crippen LogP contribution in [0.25, 0.3) is 0 Å². The van der Waals surface area contributed by atoms with Gasteiger partial charge in [0, 0.05) is 32.2 Å². The van der Waals surface area contributed by atoms with Crippen molar-refractivity contribution in [1.29, 1.82) is 0 Å². The SMILES string of the molecule is CCNC(=NCC1CCCOC1C(C)(C)C)NCCc1cc(OC)ccc1OC.I. The molecule has 0 amide bonds. The fourth-order valence-corrected chi connectivity index (χ4v) is 3.93. The third-order valence-corrected chi connectivity index (χ3v) is 5.30. The van der Waals surface area contributed by atoms with E-state index in [2.05, 4.69) is 38.3 Å².